The summed E-state index contributed by atoms with van der Waals surface area (Å²) >= 11 is 1.44. The Balaban J connectivity index is 1.98. The van der Waals surface area contributed by atoms with Crippen LogP contribution >= 0.6 is 11.8 Å². The monoisotopic (exact) mass is 324 g/mol. The molecule has 2 aromatic rings. The molecule has 0 radical (unpaired) electrons. The highest BCUT2D eigenvalue weighted by Gasteiger charge is 2.31. The smallest absolute Gasteiger partial charge is 0.283 e. The Kier molecular flexibility index (Phi) is 4.48. The van der Waals surface area contributed by atoms with Crippen LogP contribution in [0.15, 0.2) is 65.3 Å². The van der Waals surface area contributed by atoms with Gasteiger partial charge in [-0.05, 0) is 30.0 Å². The first kappa shape index (κ1) is 15.4. The average Bonchev–Trinajstić information content (AvgIpc) is 2.91. The zero-order valence-corrected chi connectivity index (χ0v) is 13.7. The van der Waals surface area contributed by atoms with Crippen molar-refractivity contribution in [1.82, 2.24) is 0 Å². The third-order valence-electron chi connectivity index (χ3n) is 3.43. The van der Waals surface area contributed by atoms with E-state index < -0.39 is 0 Å². The molecule has 1 amide bonds. The van der Waals surface area contributed by atoms with Crippen LogP contribution < -0.4 is 9.64 Å². The highest BCUT2D eigenvalue weighted by molar-refractivity contribution is 8.13. The normalized spacial score (nSPS) is 15.9. The quantitative estimate of drug-likeness (QED) is 0.807. The van der Waals surface area contributed by atoms with Gasteiger partial charge < -0.3 is 4.74 Å². The third kappa shape index (κ3) is 3.14. The van der Waals surface area contributed by atoms with E-state index in [4.69, 9.17) is 4.74 Å². The van der Waals surface area contributed by atoms with Crippen molar-refractivity contribution in [3.05, 3.63) is 65.9 Å². The van der Waals surface area contributed by atoms with Crippen LogP contribution in [-0.2, 0) is 4.79 Å². The lowest BCUT2D eigenvalue weighted by molar-refractivity contribution is -0.113. The van der Waals surface area contributed by atoms with E-state index in [-0.39, 0.29) is 5.91 Å². The zero-order valence-electron chi connectivity index (χ0n) is 12.9. The van der Waals surface area contributed by atoms with E-state index in [1.54, 1.807) is 18.1 Å². The van der Waals surface area contributed by atoms with Gasteiger partial charge in [0.1, 0.15) is 11.4 Å². The highest BCUT2D eigenvalue weighted by Crippen LogP contribution is 2.30. The summed E-state index contributed by atoms with van der Waals surface area (Å²) in [6.45, 7) is 0. The number of hydrogen-bond donors (Lipinski definition) is 0. The van der Waals surface area contributed by atoms with Gasteiger partial charge in [-0.25, -0.2) is 4.99 Å². The van der Waals surface area contributed by atoms with Crippen molar-refractivity contribution >= 4 is 34.6 Å². The van der Waals surface area contributed by atoms with E-state index in [1.165, 1.54) is 11.8 Å². The molecular formula is C18H16N2O2S. The topological polar surface area (TPSA) is 41.9 Å². The molecule has 0 bridgehead atoms. The van der Waals surface area contributed by atoms with Crippen LogP contribution in [0.25, 0.3) is 6.08 Å². The molecule has 0 atom stereocenters. The fraction of sp³-hybridized carbons (Fsp3) is 0.111. The molecule has 0 saturated heterocycles. The fourth-order valence-electron chi connectivity index (χ4n) is 2.32. The first-order valence-corrected chi connectivity index (χ1v) is 8.33. The second kappa shape index (κ2) is 6.71. The maximum atomic E-state index is 12.8. The SMILES string of the molecule is COc1cccc(N2C(=O)C(=Cc3ccccc3)N=C2SC)c1. The van der Waals surface area contributed by atoms with Crippen LogP contribution in [0.4, 0.5) is 5.69 Å². The van der Waals surface area contributed by atoms with Gasteiger partial charge in [-0.2, -0.15) is 0 Å². The molecule has 0 aliphatic carbocycles. The highest BCUT2D eigenvalue weighted by atomic mass is 32.2. The van der Waals surface area contributed by atoms with Gasteiger partial charge in [0.15, 0.2) is 5.17 Å². The number of carbonyl (C=O) groups is 1. The van der Waals surface area contributed by atoms with Crippen LogP contribution in [-0.4, -0.2) is 24.4 Å². The van der Waals surface area contributed by atoms with E-state index in [9.17, 15) is 4.79 Å². The number of benzene rings is 2. The molecule has 0 aromatic heterocycles. The number of aliphatic imine (C=N–C) groups is 1. The maximum absolute atomic E-state index is 12.8. The summed E-state index contributed by atoms with van der Waals surface area (Å²) in [7, 11) is 1.61. The summed E-state index contributed by atoms with van der Waals surface area (Å²) in [5.74, 6) is 0.572. The number of amides is 1. The molecule has 5 heteroatoms. The molecule has 1 aliphatic heterocycles. The lowest BCUT2D eigenvalue weighted by Crippen LogP contribution is -2.30. The van der Waals surface area contributed by atoms with Gasteiger partial charge in [0, 0.05) is 6.07 Å². The van der Waals surface area contributed by atoms with E-state index in [0.717, 1.165) is 11.3 Å². The summed E-state index contributed by atoms with van der Waals surface area (Å²) in [5, 5.41) is 0.658. The fourth-order valence-corrected chi connectivity index (χ4v) is 2.88. The van der Waals surface area contributed by atoms with E-state index >= 15 is 0 Å². The van der Waals surface area contributed by atoms with Crippen LogP contribution in [0, 0.1) is 0 Å². The minimum absolute atomic E-state index is 0.133. The van der Waals surface area contributed by atoms with Gasteiger partial charge in [0.05, 0.1) is 12.8 Å². The predicted molar refractivity (Wildman–Crippen MR) is 95.8 cm³/mol. The predicted octanol–water partition coefficient (Wildman–Crippen LogP) is 3.80. The second-order valence-corrected chi connectivity index (χ2v) is 5.65. The molecule has 0 saturated carbocycles. The Bertz CT molecular complexity index is 785. The molecule has 3 rings (SSSR count). The number of nitrogens with zero attached hydrogens (tertiary/aromatic N) is 2. The van der Waals surface area contributed by atoms with Crippen molar-refractivity contribution in [2.75, 3.05) is 18.3 Å². The van der Waals surface area contributed by atoms with Gasteiger partial charge in [-0.3, -0.25) is 9.69 Å². The van der Waals surface area contributed by atoms with Crippen LogP contribution in [0.2, 0.25) is 0 Å². The average molecular weight is 324 g/mol. The Morgan fingerprint density at radius 2 is 1.91 bits per heavy atom. The van der Waals surface area contributed by atoms with E-state index in [1.807, 2.05) is 60.9 Å². The molecule has 0 N–H and O–H groups in total. The lowest BCUT2D eigenvalue weighted by atomic mass is 10.2. The number of methoxy groups -OCH3 is 1. The number of anilines is 1. The third-order valence-corrected chi connectivity index (χ3v) is 4.07. The van der Waals surface area contributed by atoms with Gasteiger partial charge in [0.25, 0.3) is 5.91 Å². The van der Waals surface area contributed by atoms with Crippen LogP contribution in [0.3, 0.4) is 0 Å². The first-order valence-electron chi connectivity index (χ1n) is 7.11. The summed E-state index contributed by atoms with van der Waals surface area (Å²) < 4.78 is 5.24. The van der Waals surface area contributed by atoms with Crippen molar-refractivity contribution < 1.29 is 9.53 Å². The van der Waals surface area contributed by atoms with Crippen molar-refractivity contribution in [1.29, 1.82) is 0 Å². The molecular weight excluding hydrogens is 308 g/mol. The molecule has 23 heavy (non-hydrogen) atoms. The number of amidine groups is 1. The minimum Gasteiger partial charge on any atom is -0.497 e. The second-order valence-electron chi connectivity index (χ2n) is 4.88. The molecule has 116 valence electrons. The Morgan fingerprint density at radius 1 is 1.13 bits per heavy atom. The summed E-state index contributed by atoms with van der Waals surface area (Å²) in [6, 6.07) is 17.1. The standard InChI is InChI=1S/C18H16N2O2S/c1-22-15-10-6-9-14(12-15)20-17(21)16(19-18(20)23-2)11-13-7-4-3-5-8-13/h3-12H,1-2H3. The largest absolute Gasteiger partial charge is 0.497 e. The van der Waals surface area contributed by atoms with Gasteiger partial charge >= 0.3 is 0 Å². The number of rotatable bonds is 3. The van der Waals surface area contributed by atoms with Crippen molar-refractivity contribution in [3.63, 3.8) is 0 Å². The number of ether oxygens (including phenoxy) is 1. The zero-order chi connectivity index (χ0) is 16.2. The molecule has 0 unspecified atom stereocenters. The summed E-state index contributed by atoms with van der Waals surface area (Å²) in [4.78, 5) is 18.9. The van der Waals surface area contributed by atoms with Crippen molar-refractivity contribution in [2.45, 2.75) is 0 Å². The summed E-state index contributed by atoms with van der Waals surface area (Å²) in [6.07, 6.45) is 3.71. The molecule has 4 nitrogen and oxygen atoms in total. The van der Waals surface area contributed by atoms with Crippen LogP contribution in [0.1, 0.15) is 5.56 Å². The maximum Gasteiger partial charge on any atom is 0.283 e. The van der Waals surface area contributed by atoms with Gasteiger partial charge in [0.2, 0.25) is 0 Å². The number of hydrogen-bond acceptors (Lipinski definition) is 4. The lowest BCUT2D eigenvalue weighted by Gasteiger charge is -2.17. The molecule has 0 spiro atoms. The Hall–Kier alpha value is -2.53. The molecule has 0 fully saturated rings. The van der Waals surface area contributed by atoms with Gasteiger partial charge in [-0.1, -0.05) is 48.2 Å². The van der Waals surface area contributed by atoms with Crippen molar-refractivity contribution in [3.8, 4) is 5.75 Å². The van der Waals surface area contributed by atoms with Crippen LogP contribution in [0.5, 0.6) is 5.75 Å². The Morgan fingerprint density at radius 3 is 2.61 bits per heavy atom. The van der Waals surface area contributed by atoms with Crippen molar-refractivity contribution in [2.24, 2.45) is 4.99 Å². The Labute approximate surface area is 139 Å². The summed E-state index contributed by atoms with van der Waals surface area (Å²) in [5.41, 5.74) is 2.13. The first-order chi connectivity index (χ1) is 11.2. The van der Waals surface area contributed by atoms with Gasteiger partial charge in [-0.15, -0.1) is 0 Å². The molecule has 2 aromatic carbocycles. The number of thioether (sulfide) groups is 1. The minimum atomic E-state index is -0.133. The molecule has 1 aliphatic rings. The number of carbonyl (C=O) groups excluding carboxylic acids is 1. The van der Waals surface area contributed by atoms with E-state index in [2.05, 4.69) is 4.99 Å². The molecule has 1 heterocycles. The van der Waals surface area contributed by atoms with E-state index in [0.29, 0.717) is 16.6 Å².